The maximum atomic E-state index is 12.6. The zero-order chi connectivity index (χ0) is 15.9. The van der Waals surface area contributed by atoms with Gasteiger partial charge < -0.3 is 9.84 Å². The number of fused-ring (bicyclic) bond motifs is 2. The fraction of sp³-hybridized carbons (Fsp3) is 0.188. The number of pyridine rings is 1. The maximum absolute atomic E-state index is 12.6. The van der Waals surface area contributed by atoms with Crippen molar-refractivity contribution in [2.45, 2.75) is 19.8 Å². The summed E-state index contributed by atoms with van der Waals surface area (Å²) in [4.78, 5) is 27.6. The van der Waals surface area contributed by atoms with Crippen molar-refractivity contribution in [3.8, 4) is 5.75 Å². The van der Waals surface area contributed by atoms with Gasteiger partial charge in [0.05, 0.1) is 17.1 Å². The summed E-state index contributed by atoms with van der Waals surface area (Å²) in [7, 11) is 0. The van der Waals surface area contributed by atoms with Crippen LogP contribution in [0, 0.1) is 0 Å². The highest BCUT2D eigenvalue weighted by Gasteiger charge is 2.10. The minimum absolute atomic E-state index is 0.0725. The van der Waals surface area contributed by atoms with E-state index in [2.05, 4.69) is 9.72 Å². The van der Waals surface area contributed by atoms with Gasteiger partial charge in [-0.15, -0.1) is 0 Å². The number of rotatable bonds is 2. The van der Waals surface area contributed by atoms with E-state index in [1.165, 1.54) is 16.7 Å². The second kappa shape index (κ2) is 5.14. The number of benzene rings is 1. The molecule has 0 spiro atoms. The molecule has 0 radical (unpaired) electrons. The maximum Gasteiger partial charge on any atom is 0.511 e. The summed E-state index contributed by atoms with van der Waals surface area (Å²) in [5.74, 6) is 0.370. The zero-order valence-electron chi connectivity index (χ0n) is 12.1. The minimum Gasteiger partial charge on any atom is -0.449 e. The van der Waals surface area contributed by atoms with Gasteiger partial charge in [-0.1, -0.05) is 19.9 Å². The average Bonchev–Trinajstić information content (AvgIpc) is 2.47. The average molecular weight is 298 g/mol. The van der Waals surface area contributed by atoms with E-state index in [4.69, 9.17) is 5.11 Å². The molecule has 112 valence electrons. The fourth-order valence-electron chi connectivity index (χ4n) is 2.32. The van der Waals surface area contributed by atoms with E-state index in [0.29, 0.717) is 22.5 Å². The standard InChI is InChI=1S/C16H14N2O4/c1-9(2)10-3-5-13-12(7-10)15(19)18-8-11(22-16(20)21)4-6-14(18)17-13/h3-9H,1-2H3,(H,20,21). The Morgan fingerprint density at radius 3 is 2.73 bits per heavy atom. The highest BCUT2D eigenvalue weighted by molar-refractivity contribution is 5.80. The summed E-state index contributed by atoms with van der Waals surface area (Å²) in [5, 5.41) is 9.15. The molecule has 22 heavy (non-hydrogen) atoms. The van der Waals surface area contributed by atoms with Gasteiger partial charge in [0, 0.05) is 0 Å². The van der Waals surface area contributed by atoms with Crippen molar-refractivity contribution in [1.29, 1.82) is 0 Å². The molecule has 3 aromatic rings. The minimum atomic E-state index is -1.43. The van der Waals surface area contributed by atoms with Crippen molar-refractivity contribution in [3.05, 3.63) is 52.4 Å². The number of aromatic nitrogens is 2. The lowest BCUT2D eigenvalue weighted by Crippen LogP contribution is -2.16. The quantitative estimate of drug-likeness (QED) is 0.581. The molecule has 0 aliphatic carbocycles. The molecule has 2 aromatic heterocycles. The van der Waals surface area contributed by atoms with Crippen LogP contribution in [0.4, 0.5) is 4.79 Å². The van der Waals surface area contributed by atoms with Gasteiger partial charge in [0.15, 0.2) is 5.75 Å². The first-order chi connectivity index (χ1) is 10.5. The van der Waals surface area contributed by atoms with Crippen molar-refractivity contribution in [2.24, 2.45) is 0 Å². The monoisotopic (exact) mass is 298 g/mol. The molecule has 6 nitrogen and oxygen atoms in total. The summed E-state index contributed by atoms with van der Waals surface area (Å²) < 4.78 is 5.88. The largest absolute Gasteiger partial charge is 0.511 e. The molecule has 1 aromatic carbocycles. The fourth-order valence-corrected chi connectivity index (χ4v) is 2.32. The lowest BCUT2D eigenvalue weighted by Gasteiger charge is -2.08. The van der Waals surface area contributed by atoms with Crippen LogP contribution >= 0.6 is 0 Å². The molecule has 0 saturated carbocycles. The molecule has 0 saturated heterocycles. The summed E-state index contributed by atoms with van der Waals surface area (Å²) in [6.45, 7) is 4.10. The number of hydrogen-bond acceptors (Lipinski definition) is 4. The number of nitrogens with zero attached hydrogens (tertiary/aromatic N) is 2. The van der Waals surface area contributed by atoms with Crippen molar-refractivity contribution >= 4 is 22.7 Å². The van der Waals surface area contributed by atoms with Crippen molar-refractivity contribution in [3.63, 3.8) is 0 Å². The molecule has 0 unspecified atom stereocenters. The van der Waals surface area contributed by atoms with Crippen LogP contribution in [0.25, 0.3) is 16.6 Å². The first-order valence-electron chi connectivity index (χ1n) is 6.82. The van der Waals surface area contributed by atoms with Gasteiger partial charge in [0.2, 0.25) is 0 Å². The third-order valence-corrected chi connectivity index (χ3v) is 3.48. The van der Waals surface area contributed by atoms with E-state index in [9.17, 15) is 9.59 Å². The zero-order valence-corrected chi connectivity index (χ0v) is 12.1. The molecule has 0 aliphatic heterocycles. The van der Waals surface area contributed by atoms with Crippen LogP contribution in [0.2, 0.25) is 0 Å². The Hall–Kier alpha value is -2.89. The van der Waals surface area contributed by atoms with E-state index >= 15 is 0 Å². The lowest BCUT2D eigenvalue weighted by molar-refractivity contribution is 0.144. The van der Waals surface area contributed by atoms with E-state index in [0.717, 1.165) is 5.56 Å². The Bertz CT molecular complexity index is 944. The van der Waals surface area contributed by atoms with E-state index in [1.807, 2.05) is 32.0 Å². The van der Waals surface area contributed by atoms with Gasteiger partial charge in [-0.25, -0.2) is 9.78 Å². The lowest BCUT2D eigenvalue weighted by atomic mass is 10.0. The van der Waals surface area contributed by atoms with Gasteiger partial charge >= 0.3 is 6.16 Å². The Balaban J connectivity index is 2.29. The Morgan fingerprint density at radius 2 is 2.05 bits per heavy atom. The Labute approximate surface area is 125 Å². The summed E-state index contributed by atoms with van der Waals surface area (Å²) in [5.41, 5.74) is 1.84. The second-order valence-electron chi connectivity index (χ2n) is 5.31. The predicted octanol–water partition coefficient (Wildman–Crippen LogP) is 3.03. The highest BCUT2D eigenvalue weighted by Crippen LogP contribution is 2.19. The van der Waals surface area contributed by atoms with Crippen LogP contribution in [0.15, 0.2) is 41.3 Å². The third kappa shape index (κ3) is 2.39. The van der Waals surface area contributed by atoms with Crippen LogP contribution in [0.5, 0.6) is 5.75 Å². The molecule has 0 amide bonds. The summed E-state index contributed by atoms with van der Waals surface area (Å²) >= 11 is 0. The van der Waals surface area contributed by atoms with E-state index in [-0.39, 0.29) is 11.3 Å². The number of hydrogen-bond donors (Lipinski definition) is 1. The molecule has 0 atom stereocenters. The molecule has 3 rings (SSSR count). The molecule has 6 heteroatoms. The van der Waals surface area contributed by atoms with Crippen molar-refractivity contribution in [1.82, 2.24) is 9.38 Å². The van der Waals surface area contributed by atoms with Crippen molar-refractivity contribution < 1.29 is 14.6 Å². The van der Waals surface area contributed by atoms with Crippen LogP contribution < -0.4 is 10.3 Å². The van der Waals surface area contributed by atoms with Crippen LogP contribution in [0.1, 0.15) is 25.3 Å². The SMILES string of the molecule is CC(C)c1ccc2nc3ccc(OC(=O)O)cn3c(=O)c2c1. The predicted molar refractivity (Wildman–Crippen MR) is 81.7 cm³/mol. The van der Waals surface area contributed by atoms with Crippen molar-refractivity contribution in [2.75, 3.05) is 0 Å². The van der Waals surface area contributed by atoms with Gasteiger partial charge in [-0.05, 0) is 35.7 Å². The van der Waals surface area contributed by atoms with Gasteiger partial charge in [0.1, 0.15) is 5.65 Å². The van der Waals surface area contributed by atoms with Gasteiger partial charge in [-0.3, -0.25) is 9.20 Å². The summed E-state index contributed by atoms with van der Waals surface area (Å²) in [6, 6.07) is 8.62. The molecule has 1 N–H and O–H groups in total. The third-order valence-electron chi connectivity index (χ3n) is 3.48. The normalized spacial score (nSPS) is 11.2. The van der Waals surface area contributed by atoms with Crippen LogP contribution in [-0.2, 0) is 0 Å². The van der Waals surface area contributed by atoms with Crippen LogP contribution in [-0.4, -0.2) is 20.6 Å². The Kier molecular flexibility index (Phi) is 3.29. The molecular weight excluding hydrogens is 284 g/mol. The van der Waals surface area contributed by atoms with Gasteiger partial charge in [0.25, 0.3) is 5.56 Å². The second-order valence-corrected chi connectivity index (χ2v) is 5.31. The topological polar surface area (TPSA) is 80.9 Å². The first-order valence-corrected chi connectivity index (χ1v) is 6.82. The number of carbonyl (C=O) groups is 1. The first kappa shape index (κ1) is 14.1. The molecule has 2 heterocycles. The number of carboxylic acid groups (broad SMARTS) is 1. The molecule has 0 fully saturated rings. The molecular formula is C16H14N2O4. The van der Waals surface area contributed by atoms with E-state index < -0.39 is 6.16 Å². The van der Waals surface area contributed by atoms with Crippen LogP contribution in [0.3, 0.4) is 0 Å². The highest BCUT2D eigenvalue weighted by atomic mass is 16.7. The number of ether oxygens (including phenoxy) is 1. The van der Waals surface area contributed by atoms with E-state index in [1.54, 1.807) is 6.07 Å². The van der Waals surface area contributed by atoms with Gasteiger partial charge in [-0.2, -0.15) is 0 Å². The molecule has 0 aliphatic rings. The molecule has 0 bridgehead atoms. The Morgan fingerprint density at radius 1 is 1.27 bits per heavy atom. The smallest absolute Gasteiger partial charge is 0.449 e. The summed E-state index contributed by atoms with van der Waals surface area (Å²) in [6.07, 6.45) is -0.0939.